The molecule has 1 aromatic carbocycles. The second kappa shape index (κ2) is 6.62. The Morgan fingerprint density at radius 2 is 1.65 bits per heavy atom. The molecular weight excluding hydrogens is 310 g/mol. The van der Waals surface area contributed by atoms with Gasteiger partial charge in [0.25, 0.3) is 0 Å². The van der Waals surface area contributed by atoms with Gasteiger partial charge < -0.3 is 5.32 Å². The number of hydrogen-bond donors (Lipinski definition) is 1. The van der Waals surface area contributed by atoms with Gasteiger partial charge in [0.05, 0.1) is 0 Å². The number of nitrogens with one attached hydrogen (secondary N) is 1. The van der Waals surface area contributed by atoms with Crippen LogP contribution < -0.4 is 5.32 Å². The average molecular weight is 338 g/mol. The van der Waals surface area contributed by atoms with Crippen molar-refractivity contribution in [3.05, 3.63) is 34.3 Å². The van der Waals surface area contributed by atoms with E-state index in [1.54, 1.807) is 0 Å². The van der Waals surface area contributed by atoms with Crippen LogP contribution in [0, 0.1) is 0 Å². The summed E-state index contributed by atoms with van der Waals surface area (Å²) in [5.41, 5.74) is 1.98. The first-order valence-electron chi connectivity index (χ1n) is 7.93. The maximum absolute atomic E-state index is 3.79. The quantitative estimate of drug-likeness (QED) is 0.725. The lowest BCUT2D eigenvalue weighted by Gasteiger charge is -2.37. The van der Waals surface area contributed by atoms with Crippen molar-refractivity contribution in [1.82, 2.24) is 5.32 Å². The predicted octanol–water partition coefficient (Wildman–Crippen LogP) is 5.43. The maximum Gasteiger partial charge on any atom is 0.0213 e. The summed E-state index contributed by atoms with van der Waals surface area (Å²) in [7, 11) is 0. The van der Waals surface area contributed by atoms with Gasteiger partial charge in [-0.1, -0.05) is 59.8 Å². The Labute approximate surface area is 132 Å². The molecule has 1 aliphatic rings. The molecule has 0 unspecified atom stereocenters. The zero-order valence-electron chi connectivity index (χ0n) is 13.1. The van der Waals surface area contributed by atoms with Crippen molar-refractivity contribution < 1.29 is 0 Å². The molecule has 0 saturated heterocycles. The van der Waals surface area contributed by atoms with Gasteiger partial charge in [-0.15, -0.1) is 0 Å². The lowest BCUT2D eigenvalue weighted by Crippen LogP contribution is -2.46. The zero-order chi connectivity index (χ0) is 14.6. The molecule has 20 heavy (non-hydrogen) atoms. The molecule has 2 rings (SSSR count). The van der Waals surface area contributed by atoms with Crippen molar-refractivity contribution in [2.45, 2.75) is 70.3 Å². The molecule has 1 fully saturated rings. The first kappa shape index (κ1) is 16.0. The largest absolute Gasteiger partial charge is 0.311 e. The number of benzene rings is 1. The topological polar surface area (TPSA) is 12.0 Å². The van der Waals surface area contributed by atoms with E-state index in [9.17, 15) is 0 Å². The normalized spacial score (nSPS) is 19.6. The molecule has 1 nitrogen and oxygen atoms in total. The lowest BCUT2D eigenvalue weighted by molar-refractivity contribution is 0.299. The first-order chi connectivity index (χ1) is 9.43. The minimum Gasteiger partial charge on any atom is -0.311 e. The van der Waals surface area contributed by atoms with E-state index >= 15 is 0 Å². The van der Waals surface area contributed by atoms with Gasteiger partial charge in [0.15, 0.2) is 0 Å². The Morgan fingerprint density at radius 3 is 2.20 bits per heavy atom. The third kappa shape index (κ3) is 4.08. The second-order valence-electron chi connectivity index (χ2n) is 7.28. The van der Waals surface area contributed by atoms with E-state index < -0.39 is 0 Å². The van der Waals surface area contributed by atoms with Crippen molar-refractivity contribution in [1.29, 1.82) is 0 Å². The van der Waals surface area contributed by atoms with E-state index in [4.69, 9.17) is 0 Å². The molecule has 0 heterocycles. The fourth-order valence-electron chi connectivity index (χ4n) is 3.27. The standard InChI is InChI=1S/C18H28BrN/c1-17(2,3)20-14-18(12-8-4-5-9-13-18)15-10-6-7-11-16(15)19/h6-7,10-11,20H,4-5,8-9,12-14H2,1-3H3. The van der Waals surface area contributed by atoms with Gasteiger partial charge in [-0.3, -0.25) is 0 Å². The van der Waals surface area contributed by atoms with Gasteiger partial charge in [0.2, 0.25) is 0 Å². The smallest absolute Gasteiger partial charge is 0.0213 e. The van der Waals surface area contributed by atoms with Crippen LogP contribution in [0.15, 0.2) is 28.7 Å². The molecule has 0 bridgehead atoms. The van der Waals surface area contributed by atoms with Crippen LogP contribution in [-0.4, -0.2) is 12.1 Å². The van der Waals surface area contributed by atoms with Crippen LogP contribution in [0.25, 0.3) is 0 Å². The van der Waals surface area contributed by atoms with Crippen LogP contribution in [0.4, 0.5) is 0 Å². The summed E-state index contributed by atoms with van der Waals surface area (Å²) in [4.78, 5) is 0. The molecule has 1 saturated carbocycles. The lowest BCUT2D eigenvalue weighted by atomic mass is 9.74. The Hall–Kier alpha value is -0.340. The predicted molar refractivity (Wildman–Crippen MR) is 91.3 cm³/mol. The van der Waals surface area contributed by atoms with Crippen molar-refractivity contribution in [2.24, 2.45) is 0 Å². The van der Waals surface area contributed by atoms with Crippen LogP contribution in [0.1, 0.15) is 64.9 Å². The first-order valence-corrected chi connectivity index (χ1v) is 8.72. The summed E-state index contributed by atoms with van der Waals surface area (Å²) in [6.07, 6.45) is 8.10. The highest BCUT2D eigenvalue weighted by Crippen LogP contribution is 2.41. The molecule has 0 amide bonds. The minimum absolute atomic E-state index is 0.181. The van der Waals surface area contributed by atoms with E-state index in [1.807, 2.05) is 0 Å². The molecule has 0 spiro atoms. The number of rotatable bonds is 3. The van der Waals surface area contributed by atoms with E-state index in [-0.39, 0.29) is 5.54 Å². The van der Waals surface area contributed by atoms with Gasteiger partial charge in [0, 0.05) is 22.0 Å². The molecule has 0 aromatic heterocycles. The van der Waals surface area contributed by atoms with Crippen LogP contribution in [0.5, 0.6) is 0 Å². The molecule has 1 aromatic rings. The molecular formula is C18H28BrN. The van der Waals surface area contributed by atoms with Crippen LogP contribution in [0.3, 0.4) is 0 Å². The minimum atomic E-state index is 0.181. The Balaban J connectivity index is 2.30. The third-order valence-electron chi connectivity index (χ3n) is 4.46. The third-order valence-corrected chi connectivity index (χ3v) is 5.15. The molecule has 1 N–H and O–H groups in total. The van der Waals surface area contributed by atoms with Crippen molar-refractivity contribution in [2.75, 3.05) is 6.54 Å². The highest BCUT2D eigenvalue weighted by Gasteiger charge is 2.34. The van der Waals surface area contributed by atoms with E-state index in [0.29, 0.717) is 5.41 Å². The zero-order valence-corrected chi connectivity index (χ0v) is 14.7. The van der Waals surface area contributed by atoms with Crippen molar-refractivity contribution in [3.8, 4) is 0 Å². The summed E-state index contributed by atoms with van der Waals surface area (Å²) in [6, 6.07) is 8.82. The maximum atomic E-state index is 3.79. The van der Waals surface area contributed by atoms with E-state index in [0.717, 1.165) is 6.54 Å². The Bertz CT molecular complexity index is 425. The highest BCUT2D eigenvalue weighted by molar-refractivity contribution is 9.10. The van der Waals surface area contributed by atoms with Gasteiger partial charge in [-0.05, 0) is 45.2 Å². The molecule has 112 valence electrons. The summed E-state index contributed by atoms with van der Waals surface area (Å²) in [5.74, 6) is 0. The average Bonchev–Trinajstić information content (AvgIpc) is 2.63. The Kier molecular flexibility index (Phi) is 5.30. The Morgan fingerprint density at radius 1 is 1.05 bits per heavy atom. The van der Waals surface area contributed by atoms with Crippen LogP contribution in [-0.2, 0) is 5.41 Å². The summed E-state index contributed by atoms with van der Waals surface area (Å²) < 4.78 is 1.28. The molecule has 0 atom stereocenters. The molecule has 2 heteroatoms. The van der Waals surface area contributed by atoms with E-state index in [2.05, 4.69) is 66.3 Å². The van der Waals surface area contributed by atoms with Gasteiger partial charge in [-0.2, -0.15) is 0 Å². The second-order valence-corrected chi connectivity index (χ2v) is 8.13. The monoisotopic (exact) mass is 337 g/mol. The number of halogens is 1. The summed E-state index contributed by atoms with van der Waals surface area (Å²) in [6.45, 7) is 7.87. The van der Waals surface area contributed by atoms with Gasteiger partial charge >= 0.3 is 0 Å². The number of hydrogen-bond acceptors (Lipinski definition) is 1. The van der Waals surface area contributed by atoms with Gasteiger partial charge in [0.1, 0.15) is 0 Å². The molecule has 0 radical (unpaired) electrons. The van der Waals surface area contributed by atoms with Gasteiger partial charge in [-0.25, -0.2) is 0 Å². The SMILES string of the molecule is CC(C)(C)NCC1(c2ccccc2Br)CCCCCC1. The van der Waals surface area contributed by atoms with Crippen LogP contribution >= 0.6 is 15.9 Å². The van der Waals surface area contributed by atoms with Crippen LogP contribution in [0.2, 0.25) is 0 Å². The van der Waals surface area contributed by atoms with Crippen molar-refractivity contribution in [3.63, 3.8) is 0 Å². The summed E-state index contributed by atoms with van der Waals surface area (Å²) in [5, 5.41) is 3.77. The van der Waals surface area contributed by atoms with E-state index in [1.165, 1.54) is 48.6 Å². The molecule has 1 aliphatic carbocycles. The highest BCUT2D eigenvalue weighted by atomic mass is 79.9. The summed E-state index contributed by atoms with van der Waals surface area (Å²) >= 11 is 3.79. The fourth-order valence-corrected chi connectivity index (χ4v) is 3.98. The fraction of sp³-hybridized carbons (Fsp3) is 0.667. The molecule has 0 aliphatic heterocycles. The van der Waals surface area contributed by atoms with Crippen molar-refractivity contribution >= 4 is 15.9 Å².